The lowest BCUT2D eigenvalue weighted by molar-refractivity contribution is -0.122. The van der Waals surface area contributed by atoms with Crippen LogP contribution in [0.2, 0.25) is 0 Å². The molecule has 1 aromatic rings. The zero-order valence-electron chi connectivity index (χ0n) is 11.9. The highest BCUT2D eigenvalue weighted by molar-refractivity contribution is 9.10. The number of amides is 1. The van der Waals surface area contributed by atoms with Crippen molar-refractivity contribution in [2.24, 2.45) is 0 Å². The van der Waals surface area contributed by atoms with Gasteiger partial charge in [0, 0.05) is 16.6 Å². The maximum Gasteiger partial charge on any atom is 0.266 e. The zero-order chi connectivity index (χ0) is 15.4. The van der Waals surface area contributed by atoms with Crippen molar-refractivity contribution in [1.82, 2.24) is 4.90 Å². The molecule has 0 spiro atoms. The van der Waals surface area contributed by atoms with E-state index in [1.165, 1.54) is 11.8 Å². The Bertz CT molecular complexity index is 601. The molecular formula is C15H16BrNO2S2. The lowest BCUT2D eigenvalue weighted by Gasteiger charge is -2.12. The zero-order valence-corrected chi connectivity index (χ0v) is 15.1. The van der Waals surface area contributed by atoms with Gasteiger partial charge in [-0.05, 0) is 37.6 Å². The minimum Gasteiger partial charge on any atom is -0.493 e. The summed E-state index contributed by atoms with van der Waals surface area (Å²) < 4.78 is 7.18. The van der Waals surface area contributed by atoms with Crippen molar-refractivity contribution >= 4 is 56.2 Å². The molecule has 6 heteroatoms. The van der Waals surface area contributed by atoms with Gasteiger partial charge < -0.3 is 4.74 Å². The Morgan fingerprint density at radius 1 is 1.43 bits per heavy atom. The van der Waals surface area contributed by atoms with Crippen LogP contribution in [0.4, 0.5) is 0 Å². The van der Waals surface area contributed by atoms with Crippen LogP contribution >= 0.6 is 39.9 Å². The van der Waals surface area contributed by atoms with Crippen molar-refractivity contribution in [2.75, 3.05) is 13.2 Å². The first-order valence-electron chi connectivity index (χ1n) is 6.74. The second-order valence-electron chi connectivity index (χ2n) is 4.45. The molecule has 0 atom stereocenters. The molecule has 0 radical (unpaired) electrons. The van der Waals surface area contributed by atoms with Gasteiger partial charge in [0.1, 0.15) is 10.1 Å². The maximum atomic E-state index is 12.4. The van der Waals surface area contributed by atoms with E-state index in [9.17, 15) is 4.79 Å². The van der Waals surface area contributed by atoms with E-state index < -0.39 is 0 Å². The summed E-state index contributed by atoms with van der Waals surface area (Å²) >= 11 is 10.1. The number of thiocarbonyl (C=S) groups is 1. The number of thioether (sulfide) groups is 1. The van der Waals surface area contributed by atoms with E-state index in [0.717, 1.165) is 22.2 Å². The van der Waals surface area contributed by atoms with Crippen LogP contribution in [0.25, 0.3) is 6.08 Å². The van der Waals surface area contributed by atoms with Gasteiger partial charge in [0.2, 0.25) is 0 Å². The van der Waals surface area contributed by atoms with Crippen LogP contribution in [0.5, 0.6) is 5.75 Å². The van der Waals surface area contributed by atoms with E-state index in [1.54, 1.807) is 4.90 Å². The topological polar surface area (TPSA) is 29.5 Å². The molecule has 3 nitrogen and oxygen atoms in total. The summed E-state index contributed by atoms with van der Waals surface area (Å²) in [6.07, 6.45) is 2.74. The van der Waals surface area contributed by atoms with Gasteiger partial charge >= 0.3 is 0 Å². The number of ether oxygens (including phenoxy) is 1. The summed E-state index contributed by atoms with van der Waals surface area (Å²) in [6.45, 7) is 5.22. The molecule has 1 amide bonds. The quantitative estimate of drug-likeness (QED) is 0.552. The largest absolute Gasteiger partial charge is 0.493 e. The van der Waals surface area contributed by atoms with E-state index in [0.29, 0.717) is 22.4 Å². The van der Waals surface area contributed by atoms with Gasteiger partial charge in [0.25, 0.3) is 5.91 Å². The van der Waals surface area contributed by atoms with Gasteiger partial charge in [-0.3, -0.25) is 9.69 Å². The van der Waals surface area contributed by atoms with Crippen LogP contribution in [0.1, 0.15) is 25.8 Å². The second-order valence-corrected chi connectivity index (χ2v) is 7.04. The maximum absolute atomic E-state index is 12.4. The predicted octanol–water partition coefficient (Wildman–Crippen LogP) is 4.46. The fraction of sp³-hybridized carbons (Fsp3) is 0.333. The molecule has 0 bridgehead atoms. The molecule has 21 heavy (non-hydrogen) atoms. The molecule has 0 unspecified atom stereocenters. The van der Waals surface area contributed by atoms with Crippen molar-refractivity contribution < 1.29 is 9.53 Å². The molecule has 112 valence electrons. The summed E-state index contributed by atoms with van der Waals surface area (Å²) in [5, 5.41) is 0. The Hall–Kier alpha value is -0.850. The monoisotopic (exact) mass is 385 g/mol. The van der Waals surface area contributed by atoms with Crippen LogP contribution in [0.15, 0.2) is 27.6 Å². The molecule has 1 fully saturated rings. The number of nitrogens with zero attached hydrogens (tertiary/aromatic N) is 1. The third kappa shape index (κ3) is 3.87. The lowest BCUT2D eigenvalue weighted by Crippen LogP contribution is -2.28. The van der Waals surface area contributed by atoms with E-state index in [4.69, 9.17) is 17.0 Å². The molecule has 1 aromatic carbocycles. The van der Waals surface area contributed by atoms with Crippen molar-refractivity contribution in [3.05, 3.63) is 33.1 Å². The van der Waals surface area contributed by atoms with E-state index in [-0.39, 0.29) is 5.91 Å². The van der Waals surface area contributed by atoms with Crippen LogP contribution < -0.4 is 4.74 Å². The summed E-state index contributed by atoms with van der Waals surface area (Å²) in [7, 11) is 0. The molecule has 1 heterocycles. The van der Waals surface area contributed by atoms with Gasteiger partial charge in [0.15, 0.2) is 0 Å². The average molecular weight is 386 g/mol. The Balaban J connectivity index is 2.34. The molecule has 0 N–H and O–H groups in total. The highest BCUT2D eigenvalue weighted by atomic mass is 79.9. The highest BCUT2D eigenvalue weighted by Gasteiger charge is 2.31. The van der Waals surface area contributed by atoms with Gasteiger partial charge in [-0.2, -0.15) is 0 Å². The summed E-state index contributed by atoms with van der Waals surface area (Å²) in [6, 6.07) is 5.76. The fourth-order valence-corrected chi connectivity index (χ4v) is 3.65. The molecule has 0 aliphatic carbocycles. The third-order valence-electron chi connectivity index (χ3n) is 2.88. The first kappa shape index (κ1) is 16.5. The number of benzene rings is 1. The summed E-state index contributed by atoms with van der Waals surface area (Å²) in [4.78, 5) is 14.7. The van der Waals surface area contributed by atoms with Crippen molar-refractivity contribution in [3.63, 3.8) is 0 Å². The smallest absolute Gasteiger partial charge is 0.266 e. The summed E-state index contributed by atoms with van der Waals surface area (Å²) in [5.41, 5.74) is 0.878. The normalized spacial score (nSPS) is 16.9. The van der Waals surface area contributed by atoms with Gasteiger partial charge in [-0.25, -0.2) is 0 Å². The number of halogens is 1. The molecule has 2 rings (SSSR count). The van der Waals surface area contributed by atoms with Crippen molar-refractivity contribution in [3.8, 4) is 5.75 Å². The van der Waals surface area contributed by atoms with Gasteiger partial charge in [-0.15, -0.1) is 0 Å². The van der Waals surface area contributed by atoms with Crippen LogP contribution in [-0.2, 0) is 4.79 Å². The molecule has 1 aliphatic rings. The van der Waals surface area contributed by atoms with Crippen LogP contribution in [0, 0.1) is 0 Å². The first-order chi connectivity index (χ1) is 10.1. The van der Waals surface area contributed by atoms with Crippen LogP contribution in [0.3, 0.4) is 0 Å². The van der Waals surface area contributed by atoms with E-state index in [2.05, 4.69) is 15.9 Å². The Morgan fingerprint density at radius 2 is 2.19 bits per heavy atom. The third-order valence-corrected chi connectivity index (χ3v) is 4.75. The predicted molar refractivity (Wildman–Crippen MR) is 95.5 cm³/mol. The highest BCUT2D eigenvalue weighted by Crippen LogP contribution is 2.35. The number of hydrogen-bond donors (Lipinski definition) is 0. The molecule has 1 saturated heterocycles. The van der Waals surface area contributed by atoms with Gasteiger partial charge in [0.05, 0.1) is 11.5 Å². The number of hydrogen-bond acceptors (Lipinski definition) is 4. The fourth-order valence-electron chi connectivity index (χ4n) is 1.98. The minimum absolute atomic E-state index is 0.0192. The molecule has 0 aromatic heterocycles. The first-order valence-corrected chi connectivity index (χ1v) is 8.76. The number of rotatable bonds is 5. The SMILES string of the molecule is CCCN1C(=O)/C(=C/c2cc(Br)ccc2OCC)SC1=S. The minimum atomic E-state index is -0.0192. The molecular weight excluding hydrogens is 370 g/mol. The van der Waals surface area contributed by atoms with E-state index >= 15 is 0 Å². The Morgan fingerprint density at radius 3 is 2.86 bits per heavy atom. The van der Waals surface area contributed by atoms with Crippen molar-refractivity contribution in [2.45, 2.75) is 20.3 Å². The van der Waals surface area contributed by atoms with E-state index in [1.807, 2.05) is 38.1 Å². The Labute approximate surface area is 142 Å². The lowest BCUT2D eigenvalue weighted by atomic mass is 10.2. The molecule has 0 saturated carbocycles. The molecule has 1 aliphatic heterocycles. The number of carbonyl (C=O) groups is 1. The second kappa shape index (κ2) is 7.42. The standard InChI is InChI=1S/C15H16BrNO2S2/c1-3-7-17-14(18)13(21-15(17)20)9-10-8-11(16)5-6-12(10)19-4-2/h5-6,8-9H,3-4,7H2,1-2H3/b13-9-. The van der Waals surface area contributed by atoms with Crippen LogP contribution in [-0.4, -0.2) is 28.3 Å². The average Bonchev–Trinajstić information content (AvgIpc) is 2.70. The number of carbonyl (C=O) groups excluding carboxylic acids is 1. The van der Waals surface area contributed by atoms with Crippen molar-refractivity contribution in [1.29, 1.82) is 0 Å². The summed E-state index contributed by atoms with van der Waals surface area (Å²) in [5.74, 6) is 0.746. The Kier molecular flexibility index (Phi) is 5.84. The van der Waals surface area contributed by atoms with Gasteiger partial charge in [-0.1, -0.05) is 46.8 Å².